The summed E-state index contributed by atoms with van der Waals surface area (Å²) in [6.07, 6.45) is 0.117. The first kappa shape index (κ1) is 12.6. The summed E-state index contributed by atoms with van der Waals surface area (Å²) in [7, 11) is -1.08. The van der Waals surface area contributed by atoms with Gasteiger partial charge < -0.3 is 14.0 Å². The average molecular weight is 209 g/mol. The van der Waals surface area contributed by atoms with Crippen molar-refractivity contribution in [3.8, 4) is 0 Å². The zero-order valence-corrected chi connectivity index (χ0v) is 9.10. The van der Waals surface area contributed by atoms with Crippen molar-refractivity contribution in [1.29, 1.82) is 0 Å². The zero-order valence-electron chi connectivity index (χ0n) is 8.20. The number of carbonyl (C=O) groups excluding carboxylic acids is 1. The number of ether oxygens (including phenoxy) is 2. The molecule has 0 radical (unpaired) electrons. The monoisotopic (exact) mass is 209 g/mol. The standard InChI is InChI=1S/C7H16NO4P/c1-4-12-7(9)5-8-13(3,10)6-11-2/h4-6H2,1-3H3,(H,8,10). The number of esters is 1. The molecule has 6 heteroatoms. The summed E-state index contributed by atoms with van der Waals surface area (Å²) in [4.78, 5) is 10.8. The van der Waals surface area contributed by atoms with Crippen molar-refractivity contribution in [2.45, 2.75) is 6.92 Å². The highest BCUT2D eigenvalue weighted by molar-refractivity contribution is 7.60. The third-order valence-electron chi connectivity index (χ3n) is 1.24. The second-order valence-electron chi connectivity index (χ2n) is 2.66. The van der Waals surface area contributed by atoms with Crippen LogP contribution in [0.25, 0.3) is 0 Å². The van der Waals surface area contributed by atoms with Gasteiger partial charge in [0.1, 0.15) is 6.35 Å². The third-order valence-corrected chi connectivity index (χ3v) is 2.82. The van der Waals surface area contributed by atoms with Crippen LogP contribution in [0.5, 0.6) is 0 Å². The van der Waals surface area contributed by atoms with Crippen LogP contribution in [0, 0.1) is 0 Å². The highest BCUT2D eigenvalue weighted by Crippen LogP contribution is 2.34. The molecule has 1 atom stereocenters. The van der Waals surface area contributed by atoms with Gasteiger partial charge in [0.25, 0.3) is 0 Å². The molecule has 78 valence electrons. The summed E-state index contributed by atoms with van der Waals surface area (Å²) in [5, 5.41) is 2.60. The van der Waals surface area contributed by atoms with Gasteiger partial charge >= 0.3 is 5.97 Å². The molecule has 0 aromatic rings. The molecule has 0 bridgehead atoms. The van der Waals surface area contributed by atoms with Gasteiger partial charge in [0.15, 0.2) is 7.29 Å². The first-order valence-corrected chi connectivity index (χ1v) is 6.32. The van der Waals surface area contributed by atoms with Gasteiger partial charge in [-0.15, -0.1) is 0 Å². The van der Waals surface area contributed by atoms with Gasteiger partial charge in [0.05, 0.1) is 13.2 Å². The lowest BCUT2D eigenvalue weighted by atomic mass is 10.7. The van der Waals surface area contributed by atoms with E-state index < -0.39 is 13.3 Å². The quantitative estimate of drug-likeness (QED) is 0.514. The fourth-order valence-corrected chi connectivity index (χ4v) is 1.78. The molecule has 0 heterocycles. The SMILES string of the molecule is CCOC(=O)CNP(C)(=O)COC. The van der Waals surface area contributed by atoms with E-state index in [1.807, 2.05) is 0 Å². The Morgan fingerprint density at radius 1 is 1.54 bits per heavy atom. The lowest BCUT2D eigenvalue weighted by Gasteiger charge is -2.12. The molecule has 0 aromatic heterocycles. The zero-order chi connectivity index (χ0) is 10.3. The van der Waals surface area contributed by atoms with E-state index >= 15 is 0 Å². The van der Waals surface area contributed by atoms with Crippen molar-refractivity contribution in [1.82, 2.24) is 5.09 Å². The van der Waals surface area contributed by atoms with Crippen LogP contribution < -0.4 is 5.09 Å². The number of methoxy groups -OCH3 is 1. The van der Waals surface area contributed by atoms with Crippen molar-refractivity contribution in [2.24, 2.45) is 0 Å². The van der Waals surface area contributed by atoms with Crippen LogP contribution in [0.15, 0.2) is 0 Å². The Morgan fingerprint density at radius 3 is 2.62 bits per heavy atom. The molecular formula is C7H16NO4P. The van der Waals surface area contributed by atoms with Crippen LogP contribution >= 0.6 is 7.29 Å². The van der Waals surface area contributed by atoms with Gasteiger partial charge in [-0.1, -0.05) is 0 Å². The molecule has 0 spiro atoms. The molecule has 1 unspecified atom stereocenters. The lowest BCUT2D eigenvalue weighted by molar-refractivity contribution is -0.141. The fraction of sp³-hybridized carbons (Fsp3) is 0.857. The van der Waals surface area contributed by atoms with Gasteiger partial charge in [0, 0.05) is 13.8 Å². The minimum absolute atomic E-state index is 0.0367. The maximum atomic E-state index is 11.5. The summed E-state index contributed by atoms with van der Waals surface area (Å²) in [6, 6.07) is 0. The van der Waals surface area contributed by atoms with Gasteiger partial charge in [-0.05, 0) is 6.92 Å². The highest BCUT2D eigenvalue weighted by Gasteiger charge is 2.15. The lowest BCUT2D eigenvalue weighted by Crippen LogP contribution is -2.23. The Hall–Kier alpha value is -0.380. The van der Waals surface area contributed by atoms with E-state index in [1.165, 1.54) is 13.8 Å². The third kappa shape index (κ3) is 6.75. The molecule has 0 aromatic carbocycles. The molecule has 5 nitrogen and oxygen atoms in total. The first-order chi connectivity index (χ1) is 6.02. The number of carbonyl (C=O) groups is 1. The Labute approximate surface area is 78.2 Å². The van der Waals surface area contributed by atoms with Gasteiger partial charge in [-0.3, -0.25) is 9.88 Å². The maximum Gasteiger partial charge on any atom is 0.320 e. The topological polar surface area (TPSA) is 64.6 Å². The van der Waals surface area contributed by atoms with Crippen molar-refractivity contribution >= 4 is 13.3 Å². The van der Waals surface area contributed by atoms with E-state index in [-0.39, 0.29) is 12.9 Å². The summed E-state index contributed by atoms with van der Waals surface area (Å²) < 4.78 is 20.9. The number of rotatable bonds is 6. The Balaban J connectivity index is 3.74. The maximum absolute atomic E-state index is 11.5. The van der Waals surface area contributed by atoms with Crippen LogP contribution in [0.3, 0.4) is 0 Å². The minimum atomic E-state index is -2.54. The average Bonchev–Trinajstić information content (AvgIpc) is 2.02. The number of hydrogen-bond donors (Lipinski definition) is 1. The summed E-state index contributed by atoms with van der Waals surface area (Å²) in [5.74, 6) is -0.402. The Kier molecular flexibility index (Phi) is 5.95. The van der Waals surface area contributed by atoms with Crippen LogP contribution in [-0.4, -0.2) is 39.2 Å². The van der Waals surface area contributed by atoms with E-state index in [1.54, 1.807) is 6.92 Å². The first-order valence-electron chi connectivity index (χ1n) is 3.98. The smallest absolute Gasteiger partial charge is 0.320 e. The normalized spacial score (nSPS) is 15.0. The second kappa shape index (κ2) is 6.13. The van der Waals surface area contributed by atoms with Gasteiger partial charge in [-0.2, -0.15) is 0 Å². The fourth-order valence-electron chi connectivity index (χ4n) is 0.736. The second-order valence-corrected chi connectivity index (χ2v) is 5.43. The van der Waals surface area contributed by atoms with Gasteiger partial charge in [0.2, 0.25) is 0 Å². The van der Waals surface area contributed by atoms with Crippen molar-refractivity contribution < 1.29 is 18.8 Å². The van der Waals surface area contributed by atoms with E-state index in [2.05, 4.69) is 9.82 Å². The van der Waals surface area contributed by atoms with Gasteiger partial charge in [-0.25, -0.2) is 0 Å². The van der Waals surface area contributed by atoms with Crippen molar-refractivity contribution in [2.75, 3.05) is 33.3 Å². The van der Waals surface area contributed by atoms with Crippen molar-refractivity contribution in [3.05, 3.63) is 0 Å². The summed E-state index contributed by atoms with van der Waals surface area (Å²) in [6.45, 7) is 3.54. The largest absolute Gasteiger partial charge is 0.465 e. The Bertz CT molecular complexity index is 207. The minimum Gasteiger partial charge on any atom is -0.465 e. The van der Waals surface area contributed by atoms with Crippen LogP contribution in [0.2, 0.25) is 0 Å². The predicted molar refractivity (Wildman–Crippen MR) is 50.0 cm³/mol. The molecule has 0 aliphatic rings. The Morgan fingerprint density at radius 2 is 2.15 bits per heavy atom. The van der Waals surface area contributed by atoms with E-state index in [4.69, 9.17) is 4.74 Å². The van der Waals surface area contributed by atoms with Crippen LogP contribution in [0.1, 0.15) is 6.92 Å². The molecule has 0 rings (SSSR count). The predicted octanol–water partition coefficient (Wildman–Crippen LogP) is 0.651. The van der Waals surface area contributed by atoms with E-state index in [0.29, 0.717) is 6.61 Å². The van der Waals surface area contributed by atoms with E-state index in [9.17, 15) is 9.36 Å². The molecular weight excluding hydrogens is 193 g/mol. The molecule has 13 heavy (non-hydrogen) atoms. The number of nitrogens with one attached hydrogen (secondary N) is 1. The van der Waals surface area contributed by atoms with Crippen LogP contribution in [0.4, 0.5) is 0 Å². The summed E-state index contributed by atoms with van der Waals surface area (Å²) in [5.41, 5.74) is 0. The molecule has 0 saturated heterocycles. The highest BCUT2D eigenvalue weighted by atomic mass is 31.2. The molecule has 0 fully saturated rings. The molecule has 0 saturated carbocycles. The van der Waals surface area contributed by atoms with E-state index in [0.717, 1.165) is 0 Å². The van der Waals surface area contributed by atoms with Crippen molar-refractivity contribution in [3.63, 3.8) is 0 Å². The molecule has 1 N–H and O–H groups in total. The molecule has 0 aliphatic carbocycles. The number of hydrogen-bond acceptors (Lipinski definition) is 4. The molecule has 0 amide bonds. The molecule has 0 aliphatic heterocycles. The summed E-state index contributed by atoms with van der Waals surface area (Å²) >= 11 is 0. The van der Waals surface area contributed by atoms with Crippen LogP contribution in [-0.2, 0) is 18.8 Å².